The van der Waals surface area contributed by atoms with Crippen LogP contribution in [0.25, 0.3) is 21.9 Å². The molecule has 0 aliphatic rings. The molecule has 0 saturated carbocycles. The Kier molecular flexibility index (Phi) is 5.27. The maximum atomic E-state index is 12.0. The lowest BCUT2D eigenvalue weighted by molar-refractivity contribution is 0.0694. The summed E-state index contributed by atoms with van der Waals surface area (Å²) in [5.74, 6) is -0.369. The molecule has 0 saturated heterocycles. The van der Waals surface area contributed by atoms with Crippen LogP contribution in [0.4, 0.5) is 0 Å². The predicted molar refractivity (Wildman–Crippen MR) is 113 cm³/mol. The fraction of sp³-hybridized carbons (Fsp3) is 0.0800. The zero-order valence-electron chi connectivity index (χ0n) is 15.7. The average Bonchev–Trinajstić information content (AvgIpc) is 2.77. The first-order valence-corrected chi connectivity index (χ1v) is 9.33. The number of carbonyl (C=O) groups is 1. The van der Waals surface area contributed by atoms with E-state index in [9.17, 15) is 15.0 Å². The average molecular weight is 384 g/mol. The van der Waals surface area contributed by atoms with Gasteiger partial charge in [-0.25, -0.2) is 4.79 Å². The number of carboxylic acids is 1. The van der Waals surface area contributed by atoms with E-state index in [1.54, 1.807) is 6.07 Å². The van der Waals surface area contributed by atoms with Gasteiger partial charge in [0.2, 0.25) is 0 Å². The second kappa shape index (κ2) is 8.17. The van der Waals surface area contributed by atoms with E-state index in [0.717, 1.165) is 21.9 Å². The summed E-state index contributed by atoms with van der Waals surface area (Å²) in [5.41, 5.74) is 2.97. The molecule has 0 unspecified atom stereocenters. The topological polar surface area (TPSA) is 66.8 Å². The van der Waals surface area contributed by atoms with Gasteiger partial charge in [-0.1, -0.05) is 66.7 Å². The molecule has 4 rings (SSSR count). The van der Waals surface area contributed by atoms with E-state index in [1.807, 2.05) is 78.9 Å². The molecule has 0 heterocycles. The third-order valence-electron chi connectivity index (χ3n) is 4.89. The Morgan fingerprint density at radius 2 is 1.55 bits per heavy atom. The highest BCUT2D eigenvalue weighted by Crippen LogP contribution is 2.36. The highest BCUT2D eigenvalue weighted by molar-refractivity contribution is 6.09. The standard InChI is InChI=1S/C25H20O4/c26-15-20-13-19-14-21(29-16-17-7-3-1-4-8-17)11-12-22(19)23(24(20)25(27)28)18-9-5-2-6-10-18/h1-14,26H,15-16H2,(H,27,28). The van der Waals surface area contributed by atoms with Gasteiger partial charge in [0.25, 0.3) is 0 Å². The van der Waals surface area contributed by atoms with Gasteiger partial charge in [-0.3, -0.25) is 0 Å². The summed E-state index contributed by atoms with van der Waals surface area (Å²) in [5, 5.41) is 21.3. The van der Waals surface area contributed by atoms with E-state index in [4.69, 9.17) is 4.74 Å². The van der Waals surface area contributed by atoms with Crippen LogP contribution in [-0.2, 0) is 13.2 Å². The van der Waals surface area contributed by atoms with Gasteiger partial charge >= 0.3 is 5.97 Å². The predicted octanol–water partition coefficient (Wildman–Crippen LogP) is 5.28. The minimum absolute atomic E-state index is 0.129. The van der Waals surface area contributed by atoms with Crippen molar-refractivity contribution in [3.8, 4) is 16.9 Å². The molecule has 0 aliphatic carbocycles. The van der Waals surface area contributed by atoms with Crippen molar-refractivity contribution in [1.82, 2.24) is 0 Å². The number of carboxylic acid groups (broad SMARTS) is 1. The molecule has 29 heavy (non-hydrogen) atoms. The lowest BCUT2D eigenvalue weighted by atomic mass is 9.89. The van der Waals surface area contributed by atoms with Gasteiger partial charge in [-0.15, -0.1) is 0 Å². The zero-order valence-corrected chi connectivity index (χ0v) is 15.7. The van der Waals surface area contributed by atoms with Crippen LogP contribution in [0.3, 0.4) is 0 Å². The Labute approximate surface area is 168 Å². The largest absolute Gasteiger partial charge is 0.489 e. The second-order valence-corrected chi connectivity index (χ2v) is 6.77. The molecule has 2 N–H and O–H groups in total. The quantitative estimate of drug-likeness (QED) is 0.475. The van der Waals surface area contributed by atoms with Gasteiger partial charge < -0.3 is 14.9 Å². The number of aliphatic hydroxyl groups excluding tert-OH is 1. The molecule has 144 valence electrons. The highest BCUT2D eigenvalue weighted by Gasteiger charge is 2.20. The van der Waals surface area contributed by atoms with E-state index in [1.165, 1.54) is 0 Å². The van der Waals surface area contributed by atoms with Crippen molar-refractivity contribution < 1.29 is 19.7 Å². The lowest BCUT2D eigenvalue weighted by Crippen LogP contribution is -2.06. The third kappa shape index (κ3) is 3.84. The number of aromatic carboxylic acids is 1. The Morgan fingerprint density at radius 1 is 0.862 bits per heavy atom. The summed E-state index contributed by atoms with van der Waals surface area (Å²) in [6, 6.07) is 26.6. The summed E-state index contributed by atoms with van der Waals surface area (Å²) >= 11 is 0. The molecule has 0 radical (unpaired) electrons. The molecule has 0 aliphatic heterocycles. The molecule has 0 atom stereocenters. The van der Waals surface area contributed by atoms with E-state index < -0.39 is 5.97 Å². The summed E-state index contributed by atoms with van der Waals surface area (Å²) in [6.45, 7) is 0.0878. The normalized spacial score (nSPS) is 10.8. The van der Waals surface area contributed by atoms with Gasteiger partial charge in [-0.05, 0) is 45.7 Å². The minimum Gasteiger partial charge on any atom is -0.489 e. The van der Waals surface area contributed by atoms with Gasteiger partial charge in [0, 0.05) is 5.56 Å². The first kappa shape index (κ1) is 18.7. The third-order valence-corrected chi connectivity index (χ3v) is 4.89. The molecule has 0 bridgehead atoms. The van der Waals surface area contributed by atoms with Crippen LogP contribution in [0.15, 0.2) is 84.9 Å². The van der Waals surface area contributed by atoms with Crippen LogP contribution in [0.2, 0.25) is 0 Å². The molecule has 4 heteroatoms. The fourth-order valence-electron chi connectivity index (χ4n) is 3.55. The van der Waals surface area contributed by atoms with E-state index in [0.29, 0.717) is 23.5 Å². The summed E-state index contributed by atoms with van der Waals surface area (Å²) in [6.07, 6.45) is 0. The van der Waals surface area contributed by atoms with Gasteiger partial charge in [-0.2, -0.15) is 0 Å². The SMILES string of the molecule is O=C(O)c1c(CO)cc2cc(OCc3ccccc3)ccc2c1-c1ccccc1. The van der Waals surface area contributed by atoms with Gasteiger partial charge in [0.15, 0.2) is 0 Å². The van der Waals surface area contributed by atoms with Crippen molar-refractivity contribution in [3.05, 3.63) is 102 Å². The molecule has 4 aromatic carbocycles. The number of benzene rings is 4. The Balaban J connectivity index is 1.83. The summed E-state index contributed by atoms with van der Waals surface area (Å²) in [4.78, 5) is 12.0. The number of rotatable bonds is 6. The van der Waals surface area contributed by atoms with Crippen molar-refractivity contribution in [2.75, 3.05) is 0 Å². The van der Waals surface area contributed by atoms with E-state index in [2.05, 4.69) is 0 Å². The lowest BCUT2D eigenvalue weighted by Gasteiger charge is -2.16. The van der Waals surface area contributed by atoms with Crippen LogP contribution < -0.4 is 4.74 Å². The van der Waals surface area contributed by atoms with Crippen LogP contribution in [0.1, 0.15) is 21.5 Å². The number of ether oxygens (including phenoxy) is 1. The molecule has 0 spiro atoms. The molecule has 0 fully saturated rings. The first-order valence-electron chi connectivity index (χ1n) is 9.33. The van der Waals surface area contributed by atoms with Crippen LogP contribution in [-0.4, -0.2) is 16.2 Å². The Hall–Kier alpha value is -3.63. The van der Waals surface area contributed by atoms with Crippen molar-refractivity contribution >= 4 is 16.7 Å². The monoisotopic (exact) mass is 384 g/mol. The Morgan fingerprint density at radius 3 is 2.21 bits per heavy atom. The number of hydrogen-bond donors (Lipinski definition) is 2. The van der Waals surface area contributed by atoms with Crippen molar-refractivity contribution in [1.29, 1.82) is 0 Å². The van der Waals surface area contributed by atoms with Crippen LogP contribution in [0.5, 0.6) is 5.75 Å². The Bertz CT molecular complexity index is 1150. The fourth-order valence-corrected chi connectivity index (χ4v) is 3.55. The molecular weight excluding hydrogens is 364 g/mol. The zero-order chi connectivity index (χ0) is 20.2. The van der Waals surface area contributed by atoms with Gasteiger partial charge in [0.05, 0.1) is 12.2 Å². The second-order valence-electron chi connectivity index (χ2n) is 6.77. The molecule has 0 aromatic heterocycles. The van der Waals surface area contributed by atoms with Crippen molar-refractivity contribution in [2.24, 2.45) is 0 Å². The first-order chi connectivity index (χ1) is 14.2. The molecule has 4 aromatic rings. The molecular formula is C25H20O4. The molecule has 0 amide bonds. The minimum atomic E-state index is -1.06. The van der Waals surface area contributed by atoms with Crippen LogP contribution in [0, 0.1) is 0 Å². The van der Waals surface area contributed by atoms with Crippen LogP contribution >= 0.6 is 0 Å². The van der Waals surface area contributed by atoms with Crippen molar-refractivity contribution in [2.45, 2.75) is 13.2 Å². The van der Waals surface area contributed by atoms with E-state index >= 15 is 0 Å². The summed E-state index contributed by atoms with van der Waals surface area (Å²) in [7, 11) is 0. The number of aliphatic hydroxyl groups is 1. The maximum absolute atomic E-state index is 12.0. The number of hydrogen-bond acceptors (Lipinski definition) is 3. The maximum Gasteiger partial charge on any atom is 0.336 e. The smallest absolute Gasteiger partial charge is 0.336 e. The highest BCUT2D eigenvalue weighted by atomic mass is 16.5. The number of fused-ring (bicyclic) bond motifs is 1. The summed E-state index contributed by atoms with van der Waals surface area (Å²) < 4.78 is 5.92. The molecule has 4 nitrogen and oxygen atoms in total. The van der Waals surface area contributed by atoms with E-state index in [-0.39, 0.29) is 12.2 Å². The van der Waals surface area contributed by atoms with Crippen molar-refractivity contribution in [3.63, 3.8) is 0 Å². The van der Waals surface area contributed by atoms with Gasteiger partial charge in [0.1, 0.15) is 12.4 Å².